The van der Waals surface area contributed by atoms with E-state index in [4.69, 9.17) is 4.74 Å². The highest BCUT2D eigenvalue weighted by Gasteiger charge is 2.33. The lowest BCUT2D eigenvalue weighted by Gasteiger charge is -2.34. The molecular formula is C20H21FN2O3. The molecular weight excluding hydrogens is 335 g/mol. The van der Waals surface area contributed by atoms with Gasteiger partial charge in [-0.3, -0.25) is 9.59 Å². The topological polar surface area (TPSA) is 58.6 Å². The molecule has 0 aliphatic carbocycles. The fourth-order valence-electron chi connectivity index (χ4n) is 2.82. The summed E-state index contributed by atoms with van der Waals surface area (Å²) in [5.74, 6) is -0.855. The van der Waals surface area contributed by atoms with E-state index in [1.165, 1.54) is 17.0 Å². The second-order valence-electron chi connectivity index (χ2n) is 6.38. The van der Waals surface area contributed by atoms with E-state index in [1.807, 2.05) is 31.2 Å². The predicted octanol–water partition coefficient (Wildman–Crippen LogP) is 2.18. The summed E-state index contributed by atoms with van der Waals surface area (Å²) in [6, 6.07) is 13.1. The number of amides is 2. The maximum atomic E-state index is 13.1. The van der Waals surface area contributed by atoms with Gasteiger partial charge in [-0.15, -0.1) is 0 Å². The Morgan fingerprint density at radius 1 is 1.15 bits per heavy atom. The standard InChI is InChI=1S/C20H21FN2O3/c1-14-2-4-15(5-3-14)10-22-20(25)18-12-26-13-19(24)23(18)11-16-6-8-17(21)9-7-16/h2-9,18H,10-13H2,1H3,(H,22,25)/t18-/m0/s1. The summed E-state index contributed by atoms with van der Waals surface area (Å²) in [5.41, 5.74) is 2.90. The minimum absolute atomic E-state index is 0.0526. The van der Waals surface area contributed by atoms with Gasteiger partial charge in [0.1, 0.15) is 18.5 Å². The average molecular weight is 356 g/mol. The summed E-state index contributed by atoms with van der Waals surface area (Å²) in [7, 11) is 0. The number of halogens is 1. The molecule has 0 bridgehead atoms. The number of nitrogens with one attached hydrogen (secondary N) is 1. The van der Waals surface area contributed by atoms with Crippen LogP contribution >= 0.6 is 0 Å². The van der Waals surface area contributed by atoms with Gasteiger partial charge < -0.3 is 15.0 Å². The maximum absolute atomic E-state index is 13.1. The molecule has 1 aliphatic rings. The van der Waals surface area contributed by atoms with Crippen LogP contribution in [0.5, 0.6) is 0 Å². The Morgan fingerprint density at radius 3 is 2.50 bits per heavy atom. The number of hydrogen-bond acceptors (Lipinski definition) is 3. The van der Waals surface area contributed by atoms with E-state index in [9.17, 15) is 14.0 Å². The second-order valence-corrected chi connectivity index (χ2v) is 6.38. The normalized spacial score (nSPS) is 17.2. The number of morpholine rings is 1. The van der Waals surface area contributed by atoms with E-state index >= 15 is 0 Å². The minimum Gasteiger partial charge on any atom is -0.369 e. The van der Waals surface area contributed by atoms with Crippen molar-refractivity contribution in [2.75, 3.05) is 13.2 Å². The number of rotatable bonds is 5. The molecule has 1 N–H and O–H groups in total. The molecule has 2 amide bonds. The van der Waals surface area contributed by atoms with E-state index in [0.717, 1.165) is 16.7 Å². The number of hydrogen-bond donors (Lipinski definition) is 1. The summed E-state index contributed by atoms with van der Waals surface area (Å²) in [4.78, 5) is 26.3. The summed E-state index contributed by atoms with van der Waals surface area (Å²) >= 11 is 0. The van der Waals surface area contributed by atoms with Crippen molar-refractivity contribution in [2.24, 2.45) is 0 Å². The van der Waals surface area contributed by atoms with Crippen molar-refractivity contribution in [3.63, 3.8) is 0 Å². The smallest absolute Gasteiger partial charge is 0.249 e. The lowest BCUT2D eigenvalue weighted by molar-refractivity contribution is -0.155. The summed E-state index contributed by atoms with van der Waals surface area (Å²) in [5, 5.41) is 2.86. The number of carbonyl (C=O) groups excluding carboxylic acids is 2. The van der Waals surface area contributed by atoms with Crippen LogP contribution in [-0.4, -0.2) is 36.0 Å². The van der Waals surface area contributed by atoms with E-state index in [0.29, 0.717) is 6.54 Å². The van der Waals surface area contributed by atoms with Crippen molar-refractivity contribution in [3.8, 4) is 0 Å². The van der Waals surface area contributed by atoms with Crippen molar-refractivity contribution in [2.45, 2.75) is 26.1 Å². The van der Waals surface area contributed by atoms with Crippen LogP contribution in [0.15, 0.2) is 48.5 Å². The van der Waals surface area contributed by atoms with Gasteiger partial charge in [0.15, 0.2) is 0 Å². The Balaban J connectivity index is 1.66. The first-order chi connectivity index (χ1) is 12.5. The second kappa shape index (κ2) is 8.10. The molecule has 1 aliphatic heterocycles. The molecule has 0 radical (unpaired) electrons. The number of aryl methyl sites for hydroxylation is 1. The summed E-state index contributed by atoms with van der Waals surface area (Å²) in [6.07, 6.45) is 0. The van der Waals surface area contributed by atoms with E-state index in [-0.39, 0.29) is 37.4 Å². The van der Waals surface area contributed by atoms with Gasteiger partial charge >= 0.3 is 0 Å². The fourth-order valence-corrected chi connectivity index (χ4v) is 2.82. The summed E-state index contributed by atoms with van der Waals surface area (Å²) in [6.45, 7) is 2.72. The predicted molar refractivity (Wildman–Crippen MR) is 94.6 cm³/mol. The monoisotopic (exact) mass is 356 g/mol. The van der Waals surface area contributed by atoms with Crippen LogP contribution in [0.3, 0.4) is 0 Å². The highest BCUT2D eigenvalue weighted by atomic mass is 19.1. The Labute approximate surface area is 151 Å². The third-order valence-electron chi connectivity index (χ3n) is 4.35. The molecule has 5 nitrogen and oxygen atoms in total. The Bertz CT molecular complexity index is 775. The number of nitrogens with zero attached hydrogens (tertiary/aromatic N) is 1. The Hall–Kier alpha value is -2.73. The highest BCUT2D eigenvalue weighted by Crippen LogP contribution is 2.15. The van der Waals surface area contributed by atoms with Crippen molar-refractivity contribution in [3.05, 3.63) is 71.0 Å². The molecule has 6 heteroatoms. The first kappa shape index (κ1) is 18.1. The van der Waals surface area contributed by atoms with Crippen molar-refractivity contribution in [1.82, 2.24) is 10.2 Å². The van der Waals surface area contributed by atoms with Gasteiger partial charge in [-0.25, -0.2) is 4.39 Å². The Morgan fingerprint density at radius 2 is 1.81 bits per heavy atom. The molecule has 0 aromatic heterocycles. The molecule has 3 rings (SSSR count). The molecule has 136 valence electrons. The lowest BCUT2D eigenvalue weighted by atomic mass is 10.1. The third-order valence-corrected chi connectivity index (χ3v) is 4.35. The molecule has 1 atom stereocenters. The summed E-state index contributed by atoms with van der Waals surface area (Å²) < 4.78 is 18.3. The zero-order valence-electron chi connectivity index (χ0n) is 14.6. The molecule has 2 aromatic rings. The van der Waals surface area contributed by atoms with Crippen LogP contribution in [0.1, 0.15) is 16.7 Å². The van der Waals surface area contributed by atoms with Crippen LogP contribution in [-0.2, 0) is 27.4 Å². The fraction of sp³-hybridized carbons (Fsp3) is 0.300. The van der Waals surface area contributed by atoms with Crippen molar-refractivity contribution < 1.29 is 18.7 Å². The van der Waals surface area contributed by atoms with E-state index in [2.05, 4.69) is 5.32 Å². The zero-order chi connectivity index (χ0) is 18.5. The maximum Gasteiger partial charge on any atom is 0.249 e. The first-order valence-corrected chi connectivity index (χ1v) is 8.48. The molecule has 1 heterocycles. The van der Waals surface area contributed by atoms with Crippen LogP contribution < -0.4 is 5.32 Å². The molecule has 2 aromatic carbocycles. The van der Waals surface area contributed by atoms with Gasteiger partial charge in [0, 0.05) is 13.1 Å². The quantitative estimate of drug-likeness (QED) is 0.893. The van der Waals surface area contributed by atoms with E-state index < -0.39 is 6.04 Å². The Kier molecular flexibility index (Phi) is 5.63. The van der Waals surface area contributed by atoms with Crippen LogP contribution in [0.25, 0.3) is 0 Å². The van der Waals surface area contributed by atoms with Crippen LogP contribution in [0.4, 0.5) is 4.39 Å². The molecule has 0 saturated carbocycles. The van der Waals surface area contributed by atoms with Crippen LogP contribution in [0, 0.1) is 12.7 Å². The van der Waals surface area contributed by atoms with Crippen LogP contribution in [0.2, 0.25) is 0 Å². The van der Waals surface area contributed by atoms with Gasteiger partial charge in [0.2, 0.25) is 11.8 Å². The van der Waals surface area contributed by atoms with Gasteiger partial charge in [-0.05, 0) is 30.2 Å². The number of carbonyl (C=O) groups is 2. The minimum atomic E-state index is -0.702. The average Bonchev–Trinajstić information content (AvgIpc) is 2.64. The van der Waals surface area contributed by atoms with Gasteiger partial charge in [0.05, 0.1) is 6.61 Å². The van der Waals surface area contributed by atoms with E-state index in [1.54, 1.807) is 12.1 Å². The molecule has 1 saturated heterocycles. The zero-order valence-corrected chi connectivity index (χ0v) is 14.6. The third kappa shape index (κ3) is 4.46. The largest absolute Gasteiger partial charge is 0.369 e. The SMILES string of the molecule is Cc1ccc(CNC(=O)[C@@H]2COCC(=O)N2Cc2ccc(F)cc2)cc1. The van der Waals surface area contributed by atoms with Gasteiger partial charge in [0.25, 0.3) is 0 Å². The van der Waals surface area contributed by atoms with Gasteiger partial charge in [-0.2, -0.15) is 0 Å². The van der Waals surface area contributed by atoms with Crippen molar-refractivity contribution in [1.29, 1.82) is 0 Å². The van der Waals surface area contributed by atoms with Gasteiger partial charge in [-0.1, -0.05) is 42.0 Å². The highest BCUT2D eigenvalue weighted by molar-refractivity contribution is 5.89. The lowest BCUT2D eigenvalue weighted by Crippen LogP contribution is -2.55. The molecule has 1 fully saturated rings. The molecule has 0 spiro atoms. The number of ether oxygens (including phenoxy) is 1. The first-order valence-electron chi connectivity index (χ1n) is 8.48. The van der Waals surface area contributed by atoms with Crippen molar-refractivity contribution >= 4 is 11.8 Å². The molecule has 0 unspecified atom stereocenters. The molecule has 26 heavy (non-hydrogen) atoms. The number of benzene rings is 2.